The molecule has 1 atom stereocenters. The average molecular weight is 435 g/mol. The second-order valence-corrected chi connectivity index (χ2v) is 7.47. The molecule has 1 aliphatic rings. The maximum absolute atomic E-state index is 13.4. The normalized spacial score (nSPS) is 15.2. The summed E-state index contributed by atoms with van der Waals surface area (Å²) in [5.41, 5.74) is 2.42. The third-order valence-electron chi connectivity index (χ3n) is 5.23. The van der Waals surface area contributed by atoms with Gasteiger partial charge in [0.2, 0.25) is 5.95 Å². The zero-order chi connectivity index (χ0) is 22.7. The van der Waals surface area contributed by atoms with Crippen molar-refractivity contribution in [1.82, 2.24) is 14.8 Å². The minimum Gasteiger partial charge on any atom is -0.508 e. The molecule has 9 heteroatoms. The minimum absolute atomic E-state index is 0.0417. The van der Waals surface area contributed by atoms with Crippen LogP contribution in [0.5, 0.6) is 11.5 Å². The molecule has 1 unspecified atom stereocenters. The maximum Gasteiger partial charge on any atom is 0.255 e. The number of phenolic OH excluding ortho intramolecular Hbond substituents is 1. The molecule has 1 aromatic heterocycles. The van der Waals surface area contributed by atoms with Crippen LogP contribution in [0.4, 0.5) is 11.6 Å². The smallest absolute Gasteiger partial charge is 0.255 e. The van der Waals surface area contributed by atoms with E-state index in [1.165, 1.54) is 0 Å². The molecule has 0 radical (unpaired) electrons. The number of aliphatic hydroxyl groups excluding tert-OH is 1. The molecule has 9 nitrogen and oxygen atoms in total. The fraction of sp³-hybridized carbons (Fsp3) is 0.261. The summed E-state index contributed by atoms with van der Waals surface area (Å²) in [6.45, 7) is 1.85. The Bertz CT molecular complexity index is 1150. The van der Waals surface area contributed by atoms with Gasteiger partial charge in [0.05, 0.1) is 12.7 Å². The first-order valence-electron chi connectivity index (χ1n) is 10.3. The van der Waals surface area contributed by atoms with E-state index in [1.54, 1.807) is 54.3 Å². The number of methoxy groups -OCH3 is 1. The van der Waals surface area contributed by atoms with Gasteiger partial charge in [0.15, 0.2) is 5.82 Å². The number of aromatic hydroxyl groups is 1. The highest BCUT2D eigenvalue weighted by Gasteiger charge is 2.34. The molecule has 2 heterocycles. The minimum atomic E-state index is -0.591. The van der Waals surface area contributed by atoms with Crippen molar-refractivity contribution in [2.75, 3.05) is 24.4 Å². The van der Waals surface area contributed by atoms with E-state index in [0.29, 0.717) is 52.9 Å². The maximum atomic E-state index is 13.4. The van der Waals surface area contributed by atoms with Gasteiger partial charge in [-0.25, -0.2) is 4.68 Å². The number of carbonyl (C=O) groups is 1. The van der Waals surface area contributed by atoms with Gasteiger partial charge in [-0.2, -0.15) is 10.1 Å². The van der Waals surface area contributed by atoms with Gasteiger partial charge in [-0.15, -0.1) is 0 Å². The predicted octanol–water partition coefficient (Wildman–Crippen LogP) is 2.84. The molecule has 4 N–H and O–H groups in total. The van der Waals surface area contributed by atoms with E-state index in [2.05, 4.69) is 20.7 Å². The number of aromatic nitrogens is 3. The average Bonchev–Trinajstić information content (AvgIpc) is 3.19. The highest BCUT2D eigenvalue weighted by molar-refractivity contribution is 6.06. The van der Waals surface area contributed by atoms with Crippen LogP contribution in [0.3, 0.4) is 0 Å². The monoisotopic (exact) mass is 435 g/mol. The van der Waals surface area contributed by atoms with E-state index in [1.807, 2.05) is 13.0 Å². The number of nitrogens with one attached hydrogen (secondary N) is 2. The van der Waals surface area contributed by atoms with E-state index in [9.17, 15) is 9.90 Å². The Kier molecular flexibility index (Phi) is 6.09. The molecule has 0 saturated heterocycles. The van der Waals surface area contributed by atoms with E-state index in [4.69, 9.17) is 9.84 Å². The van der Waals surface area contributed by atoms with Crippen molar-refractivity contribution < 1.29 is 19.7 Å². The van der Waals surface area contributed by atoms with Crippen LogP contribution in [-0.4, -0.2) is 44.6 Å². The lowest BCUT2D eigenvalue weighted by atomic mass is 9.95. The number of hydrogen-bond acceptors (Lipinski definition) is 7. The van der Waals surface area contributed by atoms with Gasteiger partial charge < -0.3 is 25.6 Å². The Labute approximate surface area is 185 Å². The number of amides is 1. The first-order chi connectivity index (χ1) is 15.5. The predicted molar refractivity (Wildman–Crippen MR) is 120 cm³/mol. The zero-order valence-corrected chi connectivity index (χ0v) is 17.9. The number of rotatable bonds is 7. The van der Waals surface area contributed by atoms with E-state index in [0.717, 1.165) is 0 Å². The molecular formula is C23H25N5O4. The second-order valence-electron chi connectivity index (χ2n) is 7.47. The number of aliphatic hydroxyl groups is 1. The Morgan fingerprint density at radius 3 is 2.72 bits per heavy atom. The van der Waals surface area contributed by atoms with E-state index >= 15 is 0 Å². The molecule has 0 fully saturated rings. The Hall–Kier alpha value is -3.85. The van der Waals surface area contributed by atoms with Crippen LogP contribution in [0.1, 0.15) is 30.8 Å². The standard InChI is InChI=1S/C23H25N5O4/c1-14-20(22(31)25-16-8-10-18(32-2)11-9-16)21(15-5-3-6-17(30)13-15)28-23(24-14)26-19(27-28)7-4-12-29/h3,5-6,8-11,13,21,29-30H,4,7,12H2,1-2H3,(H,25,31)(H,24,26,27). The lowest BCUT2D eigenvalue weighted by molar-refractivity contribution is -0.113. The third-order valence-corrected chi connectivity index (χ3v) is 5.23. The summed E-state index contributed by atoms with van der Waals surface area (Å²) in [5.74, 6) is 1.56. The van der Waals surface area contributed by atoms with Crippen LogP contribution in [0.15, 0.2) is 59.8 Å². The van der Waals surface area contributed by atoms with Gasteiger partial charge in [0, 0.05) is 24.4 Å². The summed E-state index contributed by atoms with van der Waals surface area (Å²) in [5, 5.41) is 29.9. The number of benzene rings is 2. The van der Waals surface area contributed by atoms with Crippen molar-refractivity contribution >= 4 is 17.5 Å². The van der Waals surface area contributed by atoms with Crippen LogP contribution in [-0.2, 0) is 11.2 Å². The summed E-state index contributed by atoms with van der Waals surface area (Å²) in [4.78, 5) is 17.9. The zero-order valence-electron chi connectivity index (χ0n) is 17.9. The van der Waals surface area contributed by atoms with Gasteiger partial charge in [-0.05, 0) is 55.3 Å². The lowest BCUT2D eigenvalue weighted by Crippen LogP contribution is -2.31. The SMILES string of the molecule is COc1ccc(NC(=O)C2=C(C)Nc3nc(CCCO)nn3C2c2cccc(O)c2)cc1. The molecule has 0 aliphatic carbocycles. The Morgan fingerprint density at radius 2 is 2.03 bits per heavy atom. The molecule has 32 heavy (non-hydrogen) atoms. The molecule has 0 bridgehead atoms. The molecule has 4 rings (SSSR count). The van der Waals surface area contributed by atoms with Gasteiger partial charge in [-0.3, -0.25) is 4.79 Å². The van der Waals surface area contributed by atoms with E-state index in [-0.39, 0.29) is 18.3 Å². The largest absolute Gasteiger partial charge is 0.508 e. The van der Waals surface area contributed by atoms with Crippen molar-refractivity contribution in [2.24, 2.45) is 0 Å². The van der Waals surface area contributed by atoms with Crippen LogP contribution in [0.25, 0.3) is 0 Å². The van der Waals surface area contributed by atoms with Crippen molar-refractivity contribution in [2.45, 2.75) is 25.8 Å². The molecule has 1 amide bonds. The van der Waals surface area contributed by atoms with Crippen molar-refractivity contribution in [3.05, 3.63) is 71.2 Å². The van der Waals surface area contributed by atoms with Crippen molar-refractivity contribution in [3.8, 4) is 11.5 Å². The number of fused-ring (bicyclic) bond motifs is 1. The number of nitrogens with zero attached hydrogens (tertiary/aromatic N) is 3. The molecule has 2 aromatic carbocycles. The number of allylic oxidation sites excluding steroid dienone is 1. The number of anilines is 2. The van der Waals surface area contributed by atoms with Gasteiger partial charge in [0.25, 0.3) is 5.91 Å². The van der Waals surface area contributed by atoms with Crippen LogP contribution in [0, 0.1) is 0 Å². The molecule has 1 aliphatic heterocycles. The fourth-order valence-electron chi connectivity index (χ4n) is 3.71. The molecule has 166 valence electrons. The highest BCUT2D eigenvalue weighted by atomic mass is 16.5. The quantitative estimate of drug-likeness (QED) is 0.450. The molecule has 3 aromatic rings. The number of hydrogen-bond donors (Lipinski definition) is 4. The summed E-state index contributed by atoms with van der Waals surface area (Å²) in [6, 6.07) is 13.2. The topological polar surface area (TPSA) is 122 Å². The van der Waals surface area contributed by atoms with E-state index < -0.39 is 6.04 Å². The summed E-state index contributed by atoms with van der Waals surface area (Å²) in [7, 11) is 1.58. The van der Waals surface area contributed by atoms with Crippen LogP contribution in [0.2, 0.25) is 0 Å². The first kappa shape index (κ1) is 21.4. The van der Waals surface area contributed by atoms with Gasteiger partial charge in [0.1, 0.15) is 17.5 Å². The first-order valence-corrected chi connectivity index (χ1v) is 10.3. The molecule has 0 spiro atoms. The van der Waals surface area contributed by atoms with Crippen molar-refractivity contribution in [3.63, 3.8) is 0 Å². The van der Waals surface area contributed by atoms with Gasteiger partial charge >= 0.3 is 0 Å². The third kappa shape index (κ3) is 4.28. The van der Waals surface area contributed by atoms with Crippen LogP contribution >= 0.6 is 0 Å². The van der Waals surface area contributed by atoms with Crippen LogP contribution < -0.4 is 15.4 Å². The summed E-state index contributed by atoms with van der Waals surface area (Å²) in [6.07, 6.45) is 1.05. The number of ether oxygens (including phenoxy) is 1. The highest BCUT2D eigenvalue weighted by Crippen LogP contribution is 2.36. The fourth-order valence-corrected chi connectivity index (χ4v) is 3.71. The van der Waals surface area contributed by atoms with Crippen molar-refractivity contribution in [1.29, 1.82) is 0 Å². The Balaban J connectivity index is 1.73. The summed E-state index contributed by atoms with van der Waals surface area (Å²) < 4.78 is 6.82. The summed E-state index contributed by atoms with van der Waals surface area (Å²) >= 11 is 0. The molecule has 0 saturated carbocycles. The number of carbonyl (C=O) groups excluding carboxylic acids is 1. The molecular weight excluding hydrogens is 410 g/mol. The van der Waals surface area contributed by atoms with Gasteiger partial charge in [-0.1, -0.05) is 12.1 Å². The number of phenols is 1. The Morgan fingerprint density at radius 1 is 1.25 bits per heavy atom. The second kappa shape index (κ2) is 9.11. The number of aryl methyl sites for hydroxylation is 1. The lowest BCUT2D eigenvalue weighted by Gasteiger charge is -2.28.